The third-order valence-corrected chi connectivity index (χ3v) is 12.9. The van der Waals surface area contributed by atoms with E-state index in [1.54, 1.807) is 6.08 Å². The quantitative estimate of drug-likeness (QED) is 0.360. The van der Waals surface area contributed by atoms with Crippen LogP contribution < -0.4 is 0 Å². The maximum Gasteiger partial charge on any atom is 0.330 e. The van der Waals surface area contributed by atoms with Gasteiger partial charge < -0.3 is 9.84 Å². The lowest BCUT2D eigenvalue weighted by molar-refractivity contribution is -0.161. The topological polar surface area (TPSA) is 46.5 Å². The molecular weight excluding hydrogens is 408 g/mol. The molecule has 3 nitrogen and oxygen atoms in total. The second kappa shape index (κ2) is 7.58. The molecule has 5 fully saturated rings. The molecule has 0 aromatic carbocycles. The van der Waals surface area contributed by atoms with Crippen molar-refractivity contribution in [2.75, 3.05) is 6.61 Å². The van der Waals surface area contributed by atoms with E-state index in [0.717, 1.165) is 24.7 Å². The van der Waals surface area contributed by atoms with Gasteiger partial charge in [-0.05, 0) is 122 Å². The molecule has 2 spiro atoms. The fourth-order valence-corrected chi connectivity index (χ4v) is 11.0. The van der Waals surface area contributed by atoms with Crippen LogP contribution in [0.5, 0.6) is 0 Å². The Hall–Kier alpha value is -0.830. The number of aliphatic hydroxyl groups excluding tert-OH is 1. The molecule has 33 heavy (non-hydrogen) atoms. The molecule has 9 atom stereocenters. The van der Waals surface area contributed by atoms with Gasteiger partial charge in [-0.3, -0.25) is 0 Å². The van der Waals surface area contributed by atoms with Crippen molar-refractivity contribution in [3.63, 3.8) is 0 Å². The van der Waals surface area contributed by atoms with Crippen molar-refractivity contribution in [2.24, 2.45) is 50.7 Å². The molecular formula is C30H48O3. The summed E-state index contributed by atoms with van der Waals surface area (Å²) in [5.41, 5.74) is 2.00. The highest BCUT2D eigenvalue weighted by Crippen LogP contribution is 2.89. The van der Waals surface area contributed by atoms with Gasteiger partial charge in [0.25, 0.3) is 0 Å². The first kappa shape index (κ1) is 23.9. The van der Waals surface area contributed by atoms with E-state index in [1.165, 1.54) is 51.4 Å². The predicted molar refractivity (Wildman–Crippen MR) is 132 cm³/mol. The van der Waals surface area contributed by atoms with Gasteiger partial charge in [0.1, 0.15) is 0 Å². The van der Waals surface area contributed by atoms with Crippen LogP contribution in [0.3, 0.4) is 0 Å². The highest BCUT2D eigenvalue weighted by Gasteiger charge is 2.82. The zero-order chi connectivity index (χ0) is 23.9. The van der Waals surface area contributed by atoms with Gasteiger partial charge in [0.15, 0.2) is 0 Å². The molecule has 0 heterocycles. The molecule has 0 unspecified atom stereocenters. The summed E-state index contributed by atoms with van der Waals surface area (Å²) in [6.45, 7) is 14.8. The fourth-order valence-electron chi connectivity index (χ4n) is 11.0. The van der Waals surface area contributed by atoms with E-state index in [4.69, 9.17) is 4.74 Å². The Bertz CT molecular complexity index is 830. The molecule has 5 rings (SSSR count). The van der Waals surface area contributed by atoms with E-state index in [9.17, 15) is 9.90 Å². The Balaban J connectivity index is 1.36. The first-order chi connectivity index (χ1) is 15.5. The van der Waals surface area contributed by atoms with Crippen LogP contribution in [0.1, 0.15) is 106 Å². The summed E-state index contributed by atoms with van der Waals surface area (Å²) in [6, 6.07) is 0. The molecule has 0 radical (unpaired) electrons. The second-order valence-corrected chi connectivity index (χ2v) is 13.9. The third kappa shape index (κ3) is 2.99. The number of hydrogen-bond donors (Lipinski definition) is 1. The maximum atomic E-state index is 11.7. The maximum absolute atomic E-state index is 11.7. The van der Waals surface area contributed by atoms with Crippen LogP contribution in [0.25, 0.3) is 0 Å². The first-order valence-electron chi connectivity index (χ1n) is 14.0. The van der Waals surface area contributed by atoms with Gasteiger partial charge in [-0.2, -0.15) is 0 Å². The number of rotatable bonds is 5. The van der Waals surface area contributed by atoms with Crippen molar-refractivity contribution in [1.29, 1.82) is 0 Å². The zero-order valence-electron chi connectivity index (χ0n) is 22.1. The zero-order valence-corrected chi connectivity index (χ0v) is 22.1. The van der Waals surface area contributed by atoms with Gasteiger partial charge in [0.05, 0.1) is 12.7 Å². The number of fused-ring (bicyclic) bond motifs is 2. The van der Waals surface area contributed by atoms with Crippen molar-refractivity contribution in [3.05, 3.63) is 12.2 Å². The number of allylic oxidation sites excluding steroid dienone is 1. The van der Waals surface area contributed by atoms with Crippen LogP contribution in [0.4, 0.5) is 0 Å². The fraction of sp³-hybridized carbons (Fsp3) is 0.900. The molecule has 0 bridgehead atoms. The van der Waals surface area contributed by atoms with Gasteiger partial charge >= 0.3 is 5.97 Å². The molecule has 1 N–H and O–H groups in total. The highest BCUT2D eigenvalue weighted by atomic mass is 16.5. The van der Waals surface area contributed by atoms with Crippen LogP contribution in [-0.4, -0.2) is 23.8 Å². The molecule has 5 aliphatic carbocycles. The van der Waals surface area contributed by atoms with Crippen LogP contribution in [-0.2, 0) is 9.53 Å². The minimum Gasteiger partial charge on any atom is -0.463 e. The van der Waals surface area contributed by atoms with E-state index in [1.807, 2.05) is 6.92 Å². The Morgan fingerprint density at radius 2 is 1.67 bits per heavy atom. The smallest absolute Gasteiger partial charge is 0.330 e. The lowest BCUT2D eigenvalue weighted by Crippen LogP contribution is -2.57. The Labute approximate surface area is 202 Å². The number of ether oxygens (including phenoxy) is 1. The number of carbonyl (C=O) groups is 1. The monoisotopic (exact) mass is 456 g/mol. The molecule has 5 saturated carbocycles. The van der Waals surface area contributed by atoms with Crippen LogP contribution in [0, 0.1) is 50.7 Å². The summed E-state index contributed by atoms with van der Waals surface area (Å²) < 4.78 is 5.07. The SMILES string of the molecule is CCOC(=O)/C=C/C[C@@H](C)[C@H]1CC[C@@]2(C)[C@@H]3CC[C@H]4C(C)(C)[C@@H](O)CC[C@@]45C[C@@]35CC[C@]12C. The summed E-state index contributed by atoms with van der Waals surface area (Å²) in [7, 11) is 0. The standard InChI is InChI=1S/C30H48O3/c1-7-33-25(32)10-8-9-20(2)21-13-15-28(6)23-12-11-22-26(3,4)24(31)14-16-29(22)19-30(23,29)18-17-27(21,28)5/h8,10,20-24,31H,7,9,11-19H2,1-6H3/b10-8+/t20-,21-,22+,23+,24+,27-,28+,29-,30+/m1/s1. The van der Waals surface area contributed by atoms with Crippen molar-refractivity contribution in [1.82, 2.24) is 0 Å². The van der Waals surface area contributed by atoms with Gasteiger partial charge in [0, 0.05) is 6.08 Å². The lowest BCUT2D eigenvalue weighted by atomic mass is 9.42. The van der Waals surface area contributed by atoms with Crippen LogP contribution in [0.15, 0.2) is 12.2 Å². The lowest BCUT2D eigenvalue weighted by Gasteiger charge is -2.63. The Morgan fingerprint density at radius 3 is 2.39 bits per heavy atom. The molecule has 0 aromatic rings. The minimum atomic E-state index is -0.205. The normalized spacial score (nSPS) is 50.6. The summed E-state index contributed by atoms with van der Waals surface area (Å²) in [5, 5.41) is 10.8. The minimum absolute atomic E-state index is 0.0758. The van der Waals surface area contributed by atoms with E-state index >= 15 is 0 Å². The highest BCUT2D eigenvalue weighted by molar-refractivity contribution is 5.81. The molecule has 0 amide bonds. The number of esters is 1. The number of hydrogen-bond acceptors (Lipinski definition) is 3. The average Bonchev–Trinajstić information content (AvgIpc) is 3.34. The molecule has 0 saturated heterocycles. The predicted octanol–water partition coefficient (Wildman–Crippen LogP) is 6.93. The van der Waals surface area contributed by atoms with E-state index in [2.05, 4.69) is 40.7 Å². The molecule has 3 heteroatoms. The molecule has 5 aliphatic rings. The number of aliphatic hydroxyl groups is 1. The number of carbonyl (C=O) groups excluding carboxylic acids is 1. The summed E-state index contributed by atoms with van der Waals surface area (Å²) >= 11 is 0. The van der Waals surface area contributed by atoms with Crippen LogP contribution in [0.2, 0.25) is 0 Å². The van der Waals surface area contributed by atoms with Gasteiger partial charge in [-0.15, -0.1) is 0 Å². The second-order valence-electron chi connectivity index (χ2n) is 13.9. The summed E-state index contributed by atoms with van der Waals surface area (Å²) in [4.78, 5) is 11.7. The molecule has 0 aliphatic heterocycles. The van der Waals surface area contributed by atoms with E-state index in [0.29, 0.717) is 40.1 Å². The summed E-state index contributed by atoms with van der Waals surface area (Å²) in [6.07, 6.45) is 16.5. The van der Waals surface area contributed by atoms with Gasteiger partial charge in [-0.1, -0.05) is 40.7 Å². The Morgan fingerprint density at radius 1 is 0.970 bits per heavy atom. The average molecular weight is 457 g/mol. The van der Waals surface area contributed by atoms with Crippen molar-refractivity contribution in [3.8, 4) is 0 Å². The van der Waals surface area contributed by atoms with E-state index < -0.39 is 0 Å². The summed E-state index contributed by atoms with van der Waals surface area (Å²) in [5.74, 6) is 2.71. The third-order valence-electron chi connectivity index (χ3n) is 12.9. The van der Waals surface area contributed by atoms with Crippen molar-refractivity contribution >= 4 is 5.97 Å². The largest absolute Gasteiger partial charge is 0.463 e. The Kier molecular flexibility index (Phi) is 5.49. The van der Waals surface area contributed by atoms with Gasteiger partial charge in [-0.25, -0.2) is 4.79 Å². The van der Waals surface area contributed by atoms with E-state index in [-0.39, 0.29) is 17.5 Å². The molecule has 0 aromatic heterocycles. The molecule has 186 valence electrons. The van der Waals surface area contributed by atoms with Gasteiger partial charge in [0.2, 0.25) is 0 Å². The van der Waals surface area contributed by atoms with Crippen molar-refractivity contribution in [2.45, 2.75) is 112 Å². The first-order valence-corrected chi connectivity index (χ1v) is 14.0. The van der Waals surface area contributed by atoms with Crippen molar-refractivity contribution < 1.29 is 14.6 Å². The van der Waals surface area contributed by atoms with Crippen LogP contribution >= 0.6 is 0 Å².